The Kier molecular flexibility index (Phi) is 6.49. The third kappa shape index (κ3) is 5.16. The van der Waals surface area contributed by atoms with Gasteiger partial charge in [0, 0.05) is 5.56 Å². The molecular weight excluding hydrogens is 293 g/mol. The van der Waals surface area contributed by atoms with Crippen LogP contribution in [0.15, 0.2) is 24.3 Å². The smallest absolute Gasteiger partial charge is 0.326 e. The molecule has 120 valence electrons. The SMILES string of the molecule is CCOC(=O)C[C@H](C)[C@H](NC(=O)c1ccc(F)cc1)C(=O)O. The largest absolute Gasteiger partial charge is 0.480 e. The highest BCUT2D eigenvalue weighted by molar-refractivity contribution is 5.96. The average Bonchev–Trinajstić information content (AvgIpc) is 2.44. The number of ether oxygens (including phenoxy) is 1. The van der Waals surface area contributed by atoms with Crippen LogP contribution in [0.25, 0.3) is 0 Å². The molecule has 0 aromatic heterocycles. The zero-order chi connectivity index (χ0) is 16.7. The van der Waals surface area contributed by atoms with Gasteiger partial charge in [0.1, 0.15) is 11.9 Å². The molecule has 0 aliphatic carbocycles. The van der Waals surface area contributed by atoms with Crippen molar-refractivity contribution in [1.29, 1.82) is 0 Å². The van der Waals surface area contributed by atoms with E-state index in [1.165, 1.54) is 19.1 Å². The minimum Gasteiger partial charge on any atom is -0.480 e. The van der Waals surface area contributed by atoms with E-state index in [1.807, 2.05) is 0 Å². The number of rotatable bonds is 7. The molecule has 22 heavy (non-hydrogen) atoms. The first-order valence-electron chi connectivity index (χ1n) is 6.80. The van der Waals surface area contributed by atoms with Crippen LogP contribution >= 0.6 is 0 Å². The van der Waals surface area contributed by atoms with Gasteiger partial charge in [-0.3, -0.25) is 9.59 Å². The Bertz CT molecular complexity index is 543. The van der Waals surface area contributed by atoms with Crippen LogP contribution in [0.4, 0.5) is 4.39 Å². The van der Waals surface area contributed by atoms with Gasteiger partial charge in [0.2, 0.25) is 0 Å². The van der Waals surface area contributed by atoms with E-state index in [1.54, 1.807) is 6.92 Å². The summed E-state index contributed by atoms with van der Waals surface area (Å²) in [4.78, 5) is 34.7. The number of carbonyl (C=O) groups excluding carboxylic acids is 2. The first-order valence-corrected chi connectivity index (χ1v) is 6.80. The minimum absolute atomic E-state index is 0.130. The lowest BCUT2D eigenvalue weighted by atomic mass is 9.98. The fraction of sp³-hybridized carbons (Fsp3) is 0.400. The average molecular weight is 311 g/mol. The summed E-state index contributed by atoms with van der Waals surface area (Å²) in [6.07, 6.45) is -0.130. The fourth-order valence-corrected chi connectivity index (χ4v) is 1.87. The molecule has 0 saturated carbocycles. The zero-order valence-electron chi connectivity index (χ0n) is 12.3. The molecule has 0 radical (unpaired) electrons. The molecule has 0 heterocycles. The van der Waals surface area contributed by atoms with E-state index < -0.39 is 35.6 Å². The lowest BCUT2D eigenvalue weighted by molar-refractivity contribution is -0.145. The second-order valence-corrected chi connectivity index (χ2v) is 4.78. The Morgan fingerprint density at radius 3 is 2.36 bits per heavy atom. The van der Waals surface area contributed by atoms with Gasteiger partial charge in [0.15, 0.2) is 0 Å². The number of benzene rings is 1. The van der Waals surface area contributed by atoms with Crippen molar-refractivity contribution in [3.63, 3.8) is 0 Å². The molecule has 7 heteroatoms. The number of carboxylic acid groups (broad SMARTS) is 1. The number of amides is 1. The maximum Gasteiger partial charge on any atom is 0.326 e. The van der Waals surface area contributed by atoms with E-state index >= 15 is 0 Å². The highest BCUT2D eigenvalue weighted by atomic mass is 19.1. The lowest BCUT2D eigenvalue weighted by Gasteiger charge is -2.20. The Balaban J connectivity index is 2.75. The topological polar surface area (TPSA) is 92.7 Å². The van der Waals surface area contributed by atoms with Crippen molar-refractivity contribution in [2.45, 2.75) is 26.3 Å². The van der Waals surface area contributed by atoms with Crippen LogP contribution in [0, 0.1) is 11.7 Å². The molecule has 1 aromatic carbocycles. The third-order valence-corrected chi connectivity index (χ3v) is 3.02. The van der Waals surface area contributed by atoms with Crippen molar-refractivity contribution in [2.75, 3.05) is 6.61 Å². The molecule has 2 atom stereocenters. The number of esters is 1. The summed E-state index contributed by atoms with van der Waals surface area (Å²) in [6.45, 7) is 3.37. The maximum atomic E-state index is 12.8. The summed E-state index contributed by atoms with van der Waals surface area (Å²) in [6, 6.07) is 3.46. The van der Waals surface area contributed by atoms with Crippen molar-refractivity contribution in [2.24, 2.45) is 5.92 Å². The number of carboxylic acids is 1. The molecule has 0 spiro atoms. The van der Waals surface area contributed by atoms with Gasteiger partial charge < -0.3 is 15.2 Å². The molecule has 1 amide bonds. The second kappa shape index (κ2) is 8.11. The predicted octanol–water partition coefficient (Wildman–Crippen LogP) is 1.60. The molecule has 0 unspecified atom stereocenters. The third-order valence-electron chi connectivity index (χ3n) is 3.02. The van der Waals surface area contributed by atoms with Gasteiger partial charge in [-0.25, -0.2) is 9.18 Å². The first-order chi connectivity index (χ1) is 10.3. The predicted molar refractivity (Wildman–Crippen MR) is 75.7 cm³/mol. The monoisotopic (exact) mass is 311 g/mol. The zero-order valence-corrected chi connectivity index (χ0v) is 12.3. The van der Waals surface area contributed by atoms with Gasteiger partial charge in [0.25, 0.3) is 5.91 Å². The Morgan fingerprint density at radius 1 is 1.27 bits per heavy atom. The normalized spacial score (nSPS) is 13.0. The molecule has 0 saturated heterocycles. The van der Waals surface area contributed by atoms with Crippen molar-refractivity contribution >= 4 is 17.8 Å². The first kappa shape index (κ1) is 17.6. The highest BCUT2D eigenvalue weighted by Gasteiger charge is 2.28. The standard InChI is InChI=1S/C15H18FNO5/c1-3-22-12(18)8-9(2)13(15(20)21)17-14(19)10-4-6-11(16)7-5-10/h4-7,9,13H,3,8H2,1-2H3,(H,17,19)(H,20,21)/t9-,13-/m0/s1. The summed E-state index contributed by atoms with van der Waals surface area (Å²) in [7, 11) is 0. The van der Waals surface area contributed by atoms with Crippen LogP contribution in [0.5, 0.6) is 0 Å². The number of hydrogen-bond donors (Lipinski definition) is 2. The number of halogens is 1. The van der Waals surface area contributed by atoms with Crippen LogP contribution in [0.3, 0.4) is 0 Å². The van der Waals surface area contributed by atoms with Crippen molar-refractivity contribution in [1.82, 2.24) is 5.32 Å². The minimum atomic E-state index is -1.26. The number of carbonyl (C=O) groups is 3. The molecule has 0 aliphatic rings. The molecule has 0 aliphatic heterocycles. The summed E-state index contributed by atoms with van der Waals surface area (Å²) in [5.41, 5.74) is 0.135. The van der Waals surface area contributed by atoms with Crippen LogP contribution in [0.1, 0.15) is 30.6 Å². The van der Waals surface area contributed by atoms with Crippen LogP contribution < -0.4 is 5.32 Å². The van der Waals surface area contributed by atoms with Crippen molar-refractivity contribution in [3.8, 4) is 0 Å². The van der Waals surface area contributed by atoms with Gasteiger partial charge in [-0.15, -0.1) is 0 Å². The maximum absolute atomic E-state index is 12.8. The second-order valence-electron chi connectivity index (χ2n) is 4.78. The molecule has 0 bridgehead atoms. The summed E-state index contributed by atoms with van der Waals surface area (Å²) >= 11 is 0. The van der Waals surface area contributed by atoms with Gasteiger partial charge in [-0.1, -0.05) is 6.92 Å². The van der Waals surface area contributed by atoms with Crippen LogP contribution in [-0.2, 0) is 14.3 Å². The van der Waals surface area contributed by atoms with Crippen molar-refractivity contribution in [3.05, 3.63) is 35.6 Å². The summed E-state index contributed by atoms with van der Waals surface area (Å²) < 4.78 is 17.6. The molecule has 6 nitrogen and oxygen atoms in total. The van der Waals surface area contributed by atoms with E-state index in [2.05, 4.69) is 5.32 Å². The van der Waals surface area contributed by atoms with Crippen LogP contribution in [-0.4, -0.2) is 35.6 Å². The number of hydrogen-bond acceptors (Lipinski definition) is 4. The van der Waals surface area contributed by atoms with Gasteiger partial charge >= 0.3 is 11.9 Å². The van der Waals surface area contributed by atoms with E-state index in [0.717, 1.165) is 12.1 Å². The van der Waals surface area contributed by atoms with E-state index in [9.17, 15) is 23.9 Å². The fourth-order valence-electron chi connectivity index (χ4n) is 1.87. The molecule has 0 fully saturated rings. The highest BCUT2D eigenvalue weighted by Crippen LogP contribution is 2.12. The van der Waals surface area contributed by atoms with E-state index in [4.69, 9.17) is 4.74 Å². The van der Waals surface area contributed by atoms with Gasteiger partial charge in [-0.05, 0) is 37.1 Å². The molecule has 1 rings (SSSR count). The van der Waals surface area contributed by atoms with Gasteiger partial charge in [-0.2, -0.15) is 0 Å². The number of aliphatic carboxylic acids is 1. The molecular formula is C15H18FNO5. The Hall–Kier alpha value is -2.44. The lowest BCUT2D eigenvalue weighted by Crippen LogP contribution is -2.45. The Morgan fingerprint density at radius 2 is 1.86 bits per heavy atom. The van der Waals surface area contributed by atoms with Crippen molar-refractivity contribution < 1.29 is 28.6 Å². The molecule has 1 aromatic rings. The number of nitrogens with one attached hydrogen (secondary N) is 1. The molecule has 2 N–H and O–H groups in total. The van der Waals surface area contributed by atoms with E-state index in [-0.39, 0.29) is 18.6 Å². The van der Waals surface area contributed by atoms with Crippen LogP contribution in [0.2, 0.25) is 0 Å². The summed E-state index contributed by atoms with van der Waals surface area (Å²) in [5.74, 6) is -3.59. The Labute approximate surface area is 127 Å². The quantitative estimate of drug-likeness (QED) is 0.746. The van der Waals surface area contributed by atoms with E-state index in [0.29, 0.717) is 0 Å². The summed E-state index contributed by atoms with van der Waals surface area (Å²) in [5, 5.41) is 11.5. The van der Waals surface area contributed by atoms with Gasteiger partial charge in [0.05, 0.1) is 13.0 Å².